The zero-order chi connectivity index (χ0) is 19.2. The van der Waals surface area contributed by atoms with Crippen LogP contribution in [-0.4, -0.2) is 38.2 Å². The maximum Gasteiger partial charge on any atom is 0.273 e. The second kappa shape index (κ2) is 8.79. The number of aliphatic hydroxyl groups excluding tert-OH is 1. The van der Waals surface area contributed by atoms with E-state index in [2.05, 4.69) is 15.2 Å². The van der Waals surface area contributed by atoms with Crippen molar-refractivity contribution in [3.63, 3.8) is 0 Å². The van der Waals surface area contributed by atoms with E-state index in [9.17, 15) is 4.79 Å². The van der Waals surface area contributed by atoms with E-state index in [1.54, 1.807) is 6.92 Å². The molecule has 1 N–H and O–H groups in total. The topological polar surface area (TPSA) is 103 Å². The van der Waals surface area contributed by atoms with Gasteiger partial charge in [-0.1, -0.05) is 28.9 Å². The molecule has 0 amide bonds. The Morgan fingerprint density at radius 2 is 2.04 bits per heavy atom. The number of aliphatic hydroxyl groups is 1. The van der Waals surface area contributed by atoms with E-state index < -0.39 is 0 Å². The number of ether oxygens (including phenoxy) is 1. The average molecular weight is 391 g/mol. The van der Waals surface area contributed by atoms with Gasteiger partial charge in [0.25, 0.3) is 5.56 Å². The van der Waals surface area contributed by atoms with Crippen molar-refractivity contribution in [3.05, 3.63) is 68.7 Å². The predicted molar refractivity (Wildman–Crippen MR) is 98.1 cm³/mol. The third kappa shape index (κ3) is 4.93. The molecule has 0 aliphatic carbocycles. The number of rotatable bonds is 8. The van der Waals surface area contributed by atoms with Crippen LogP contribution in [0.4, 0.5) is 0 Å². The molecule has 0 saturated heterocycles. The van der Waals surface area contributed by atoms with Crippen LogP contribution in [0.5, 0.6) is 5.75 Å². The number of aromatic nitrogens is 4. The van der Waals surface area contributed by atoms with Crippen molar-refractivity contribution < 1.29 is 14.4 Å². The molecule has 3 rings (SSSR count). The molecule has 2 heterocycles. The van der Waals surface area contributed by atoms with Gasteiger partial charge in [0, 0.05) is 11.4 Å². The maximum atomic E-state index is 12.4. The van der Waals surface area contributed by atoms with Gasteiger partial charge >= 0.3 is 0 Å². The number of nitrogens with zero attached hydrogens (tertiary/aromatic N) is 4. The molecule has 0 spiro atoms. The molecule has 9 heteroatoms. The van der Waals surface area contributed by atoms with Gasteiger partial charge in [0.1, 0.15) is 18.9 Å². The molecular weight excluding hydrogens is 372 g/mol. The quantitative estimate of drug-likeness (QED) is 0.625. The summed E-state index contributed by atoms with van der Waals surface area (Å²) in [4.78, 5) is 16.7. The average Bonchev–Trinajstić information content (AvgIpc) is 3.12. The van der Waals surface area contributed by atoms with Crippen molar-refractivity contribution in [1.29, 1.82) is 0 Å². The van der Waals surface area contributed by atoms with Crippen LogP contribution < -0.4 is 10.3 Å². The molecule has 0 unspecified atom stereocenters. The first-order valence-corrected chi connectivity index (χ1v) is 8.81. The van der Waals surface area contributed by atoms with Crippen LogP contribution in [0.25, 0.3) is 0 Å². The van der Waals surface area contributed by atoms with Gasteiger partial charge in [0.15, 0.2) is 5.82 Å². The fourth-order valence-corrected chi connectivity index (χ4v) is 2.60. The van der Waals surface area contributed by atoms with E-state index in [-0.39, 0.29) is 25.3 Å². The Labute approximate surface area is 160 Å². The zero-order valence-electron chi connectivity index (χ0n) is 14.8. The number of hydrogen-bond donors (Lipinski definition) is 1. The minimum Gasteiger partial charge on any atom is -0.489 e. The van der Waals surface area contributed by atoms with E-state index in [1.807, 2.05) is 24.3 Å². The summed E-state index contributed by atoms with van der Waals surface area (Å²) in [6.45, 7) is 1.68. The summed E-state index contributed by atoms with van der Waals surface area (Å²) >= 11 is 5.88. The molecule has 3 aromatic rings. The highest BCUT2D eigenvalue weighted by Gasteiger charge is 2.12. The molecule has 0 fully saturated rings. The first kappa shape index (κ1) is 19.1. The summed E-state index contributed by atoms with van der Waals surface area (Å²) in [5.74, 6) is 1.21. The van der Waals surface area contributed by atoms with Crippen LogP contribution >= 0.6 is 11.6 Å². The summed E-state index contributed by atoms with van der Waals surface area (Å²) in [7, 11) is 0. The number of hydrogen-bond acceptors (Lipinski definition) is 7. The Balaban J connectivity index is 1.64. The Hall–Kier alpha value is -2.71. The van der Waals surface area contributed by atoms with Gasteiger partial charge in [-0.3, -0.25) is 4.79 Å². The van der Waals surface area contributed by atoms with E-state index in [1.165, 1.54) is 10.9 Å². The van der Waals surface area contributed by atoms with E-state index in [0.29, 0.717) is 34.5 Å². The van der Waals surface area contributed by atoms with Gasteiger partial charge in [-0.15, -0.1) is 0 Å². The fourth-order valence-electron chi connectivity index (χ4n) is 2.48. The standard InChI is InChI=1S/C18H19ClN4O4/c1-12-15(26-9-8-24)10-20-23(18(12)25)11-17-21-16(22-27-17)7-4-13-2-5-14(19)6-3-13/h2-3,5-6,10,24H,4,7-9,11H2,1H3. The Kier molecular flexibility index (Phi) is 6.20. The lowest BCUT2D eigenvalue weighted by molar-refractivity contribution is 0.199. The van der Waals surface area contributed by atoms with Crippen molar-refractivity contribution >= 4 is 11.6 Å². The lowest BCUT2D eigenvalue weighted by Gasteiger charge is -2.08. The predicted octanol–water partition coefficient (Wildman–Crippen LogP) is 1.79. The minimum atomic E-state index is -0.314. The van der Waals surface area contributed by atoms with Crippen LogP contribution in [0.3, 0.4) is 0 Å². The van der Waals surface area contributed by atoms with Gasteiger partial charge in [-0.2, -0.15) is 10.1 Å². The Morgan fingerprint density at radius 3 is 2.78 bits per heavy atom. The fraction of sp³-hybridized carbons (Fsp3) is 0.333. The van der Waals surface area contributed by atoms with Crippen LogP contribution in [0.1, 0.15) is 22.8 Å². The second-order valence-electron chi connectivity index (χ2n) is 5.90. The number of aryl methyl sites for hydroxylation is 2. The summed E-state index contributed by atoms with van der Waals surface area (Å²) in [5.41, 5.74) is 1.21. The van der Waals surface area contributed by atoms with Crippen molar-refractivity contribution in [3.8, 4) is 5.75 Å². The molecule has 0 radical (unpaired) electrons. The monoisotopic (exact) mass is 390 g/mol. The van der Waals surface area contributed by atoms with Crippen LogP contribution in [0, 0.1) is 6.92 Å². The smallest absolute Gasteiger partial charge is 0.273 e. The molecule has 27 heavy (non-hydrogen) atoms. The van der Waals surface area contributed by atoms with E-state index in [0.717, 1.165) is 12.0 Å². The molecule has 2 aromatic heterocycles. The van der Waals surface area contributed by atoms with Gasteiger partial charge < -0.3 is 14.4 Å². The van der Waals surface area contributed by atoms with Crippen molar-refractivity contribution in [1.82, 2.24) is 19.9 Å². The normalized spacial score (nSPS) is 10.9. The number of halogens is 1. The number of benzene rings is 1. The molecule has 1 aromatic carbocycles. The SMILES string of the molecule is Cc1c(OCCO)cnn(Cc2nc(CCc3ccc(Cl)cc3)no2)c1=O. The van der Waals surface area contributed by atoms with Crippen molar-refractivity contribution in [2.45, 2.75) is 26.3 Å². The van der Waals surface area contributed by atoms with Gasteiger partial charge in [-0.05, 0) is 31.0 Å². The van der Waals surface area contributed by atoms with Gasteiger partial charge in [-0.25, -0.2) is 4.68 Å². The summed E-state index contributed by atoms with van der Waals surface area (Å²) < 4.78 is 11.7. The molecule has 0 aliphatic heterocycles. The van der Waals surface area contributed by atoms with E-state index >= 15 is 0 Å². The lowest BCUT2D eigenvalue weighted by atomic mass is 10.1. The molecule has 0 atom stereocenters. The Morgan fingerprint density at radius 1 is 1.26 bits per heavy atom. The zero-order valence-corrected chi connectivity index (χ0v) is 15.5. The Bertz CT molecular complexity index is 953. The summed E-state index contributed by atoms with van der Waals surface area (Å²) in [6, 6.07) is 7.59. The summed E-state index contributed by atoms with van der Waals surface area (Å²) in [5, 5.41) is 17.5. The molecule has 8 nitrogen and oxygen atoms in total. The highest BCUT2D eigenvalue weighted by Crippen LogP contribution is 2.13. The van der Waals surface area contributed by atoms with Gasteiger partial charge in [0.2, 0.25) is 5.89 Å². The summed E-state index contributed by atoms with van der Waals surface area (Å²) in [6.07, 6.45) is 2.80. The maximum absolute atomic E-state index is 12.4. The molecule has 0 bridgehead atoms. The van der Waals surface area contributed by atoms with Crippen LogP contribution in [0.2, 0.25) is 5.02 Å². The third-order valence-electron chi connectivity index (χ3n) is 3.93. The van der Waals surface area contributed by atoms with Crippen molar-refractivity contribution in [2.24, 2.45) is 0 Å². The second-order valence-corrected chi connectivity index (χ2v) is 6.34. The molecule has 142 valence electrons. The van der Waals surface area contributed by atoms with Crippen LogP contribution in [-0.2, 0) is 19.4 Å². The van der Waals surface area contributed by atoms with Crippen LogP contribution in [0.15, 0.2) is 39.8 Å². The molecule has 0 saturated carbocycles. The van der Waals surface area contributed by atoms with Gasteiger partial charge in [0.05, 0.1) is 18.4 Å². The first-order valence-electron chi connectivity index (χ1n) is 8.43. The highest BCUT2D eigenvalue weighted by atomic mass is 35.5. The minimum absolute atomic E-state index is 0.0773. The lowest BCUT2D eigenvalue weighted by Crippen LogP contribution is -2.26. The highest BCUT2D eigenvalue weighted by molar-refractivity contribution is 6.30. The largest absolute Gasteiger partial charge is 0.489 e. The molecular formula is C18H19ClN4O4. The van der Waals surface area contributed by atoms with E-state index in [4.69, 9.17) is 26.0 Å². The molecule has 0 aliphatic rings. The first-order chi connectivity index (χ1) is 13.1. The third-order valence-corrected chi connectivity index (χ3v) is 4.19. The van der Waals surface area contributed by atoms with Crippen molar-refractivity contribution in [2.75, 3.05) is 13.2 Å².